The van der Waals surface area contributed by atoms with Crippen LogP contribution in [-0.2, 0) is 23.8 Å². The molecule has 2 aromatic rings. The van der Waals surface area contributed by atoms with Crippen LogP contribution in [0.1, 0.15) is 107 Å². The minimum Gasteiger partial charge on any atom is -0.285 e. The first-order valence-electron chi connectivity index (χ1n) is 12.5. The van der Waals surface area contributed by atoms with Crippen molar-refractivity contribution in [2.24, 2.45) is 10.4 Å². The van der Waals surface area contributed by atoms with Gasteiger partial charge in [-0.05, 0) is 37.5 Å². The molecule has 0 unspecified atom stereocenters. The fourth-order valence-corrected chi connectivity index (χ4v) is 3.34. The van der Waals surface area contributed by atoms with E-state index in [1.54, 1.807) is 0 Å². The van der Waals surface area contributed by atoms with E-state index < -0.39 is 0 Å². The number of nitrogens with one attached hydrogen (secondary N) is 1. The number of allylic oxidation sites excluding steroid dienone is 1. The molecule has 0 saturated carbocycles. The molecule has 0 spiro atoms. The minimum absolute atomic E-state index is 0.171. The van der Waals surface area contributed by atoms with Crippen molar-refractivity contribution in [1.82, 2.24) is 20.0 Å². The Balaban J connectivity index is 0.000000247. The number of aromatic amines is 1. The maximum absolute atomic E-state index is 4.48. The molecule has 5 nitrogen and oxygen atoms in total. The summed E-state index contributed by atoms with van der Waals surface area (Å²) < 4.78 is 1.96. The Labute approximate surface area is 203 Å². The number of aliphatic imine (C=N–C) groups is 1. The van der Waals surface area contributed by atoms with Gasteiger partial charge in [-0.2, -0.15) is 10.2 Å². The lowest BCUT2D eigenvalue weighted by Gasteiger charge is -2.20. The quantitative estimate of drug-likeness (QED) is 0.528. The van der Waals surface area contributed by atoms with Crippen molar-refractivity contribution in [3.05, 3.63) is 47.1 Å². The highest BCUT2D eigenvalue weighted by atomic mass is 15.3. The Morgan fingerprint density at radius 1 is 0.848 bits per heavy atom. The summed E-state index contributed by atoms with van der Waals surface area (Å²) >= 11 is 0. The van der Waals surface area contributed by atoms with E-state index in [0.717, 1.165) is 31.6 Å². The van der Waals surface area contributed by atoms with E-state index >= 15 is 0 Å². The summed E-state index contributed by atoms with van der Waals surface area (Å²) in [5.41, 5.74) is 6.86. The maximum Gasteiger partial charge on any atom is 0.0678 e. The van der Waals surface area contributed by atoms with Crippen molar-refractivity contribution in [3.63, 3.8) is 0 Å². The van der Waals surface area contributed by atoms with Gasteiger partial charge in [-0.15, -0.1) is 0 Å². The number of rotatable bonds is 3. The van der Waals surface area contributed by atoms with Gasteiger partial charge in [0.05, 0.1) is 17.9 Å². The first-order chi connectivity index (χ1) is 15.1. The van der Waals surface area contributed by atoms with Crippen LogP contribution in [0, 0.1) is 5.41 Å². The van der Waals surface area contributed by atoms with Crippen LogP contribution in [0.4, 0.5) is 0 Å². The molecule has 0 radical (unpaired) electrons. The lowest BCUT2D eigenvalue weighted by atomic mass is 9.85. The normalized spacial score (nSPS) is 14.1. The first kappa shape index (κ1) is 28.9. The molecule has 0 saturated heterocycles. The number of H-pyrrole nitrogens is 1. The second kappa shape index (κ2) is 11.8. The Morgan fingerprint density at radius 3 is 1.76 bits per heavy atom. The number of aryl methyl sites for hydroxylation is 2. The summed E-state index contributed by atoms with van der Waals surface area (Å²) in [4.78, 5) is 4.48. The monoisotopic (exact) mass is 455 g/mol. The molecule has 0 fully saturated rings. The zero-order chi connectivity index (χ0) is 25.4. The standard InChI is InChI=1S/C10H17N.2C9H16N2/c1-5-8-6-7-11-9(8)10(2,3)4;1-5-11-7-6-8(10-11)9(2,3)4;1-5-7-6-8(11-10-7)9(2,3)4/h6H,5,7H2,1-4H3;6-7H,5H2,1-4H3;6H,5H2,1-4H3,(H,10,11). The predicted octanol–water partition coefficient (Wildman–Crippen LogP) is 7.29. The lowest BCUT2D eigenvalue weighted by molar-refractivity contribution is 0.541. The van der Waals surface area contributed by atoms with Crippen LogP contribution in [0.2, 0.25) is 0 Å². The Bertz CT molecular complexity index is 853. The molecular formula is C28H49N5. The van der Waals surface area contributed by atoms with Gasteiger partial charge in [-0.1, -0.05) is 82.2 Å². The molecule has 3 heterocycles. The van der Waals surface area contributed by atoms with Gasteiger partial charge in [0.25, 0.3) is 0 Å². The van der Waals surface area contributed by atoms with Crippen LogP contribution in [0.15, 0.2) is 35.0 Å². The van der Waals surface area contributed by atoms with E-state index in [1.807, 2.05) is 10.9 Å². The Kier molecular flexibility index (Phi) is 10.3. The van der Waals surface area contributed by atoms with Crippen LogP contribution in [0.5, 0.6) is 0 Å². The van der Waals surface area contributed by atoms with Crippen molar-refractivity contribution in [2.45, 2.75) is 113 Å². The number of nitrogens with zero attached hydrogens (tertiary/aromatic N) is 4. The Hall–Kier alpha value is -2.17. The van der Waals surface area contributed by atoms with Gasteiger partial charge in [0.15, 0.2) is 0 Å². The summed E-state index contributed by atoms with van der Waals surface area (Å²) in [6.07, 6.45) is 6.42. The van der Waals surface area contributed by atoms with Crippen molar-refractivity contribution in [2.75, 3.05) is 6.54 Å². The molecule has 33 heavy (non-hydrogen) atoms. The largest absolute Gasteiger partial charge is 0.285 e. The average Bonchev–Trinajstić information content (AvgIpc) is 3.47. The molecule has 3 rings (SSSR count). The molecule has 1 N–H and O–H groups in total. The molecule has 1 aliphatic heterocycles. The second-order valence-electron chi connectivity index (χ2n) is 11.7. The molecule has 1 aliphatic rings. The van der Waals surface area contributed by atoms with Gasteiger partial charge in [0.1, 0.15) is 0 Å². The van der Waals surface area contributed by atoms with Gasteiger partial charge in [0.2, 0.25) is 0 Å². The van der Waals surface area contributed by atoms with E-state index in [-0.39, 0.29) is 16.2 Å². The zero-order valence-electron chi connectivity index (χ0n) is 23.4. The number of hydrogen-bond donors (Lipinski definition) is 1. The van der Waals surface area contributed by atoms with E-state index in [9.17, 15) is 0 Å². The van der Waals surface area contributed by atoms with Gasteiger partial charge in [-0.25, -0.2) is 0 Å². The molecule has 0 amide bonds. The molecule has 2 aromatic heterocycles. The summed E-state index contributed by atoms with van der Waals surface area (Å²) in [7, 11) is 0. The topological polar surface area (TPSA) is 58.9 Å². The number of hydrogen-bond acceptors (Lipinski definition) is 3. The SMILES string of the molecule is CCC1=CCN=C1C(C)(C)C.CCc1cc(C(C)(C)C)n[nH]1.CCn1ccc(C(C)(C)C)n1. The molecular weight excluding hydrogens is 406 g/mol. The van der Waals surface area contributed by atoms with Crippen LogP contribution in [0.25, 0.3) is 0 Å². The lowest BCUT2D eigenvalue weighted by Crippen LogP contribution is -2.20. The highest BCUT2D eigenvalue weighted by Crippen LogP contribution is 2.26. The smallest absolute Gasteiger partial charge is 0.0678 e. The fourth-order valence-electron chi connectivity index (χ4n) is 3.34. The number of aromatic nitrogens is 4. The van der Waals surface area contributed by atoms with Gasteiger partial charge >= 0.3 is 0 Å². The van der Waals surface area contributed by atoms with Crippen molar-refractivity contribution < 1.29 is 0 Å². The predicted molar refractivity (Wildman–Crippen MR) is 143 cm³/mol. The maximum atomic E-state index is 4.48. The molecule has 186 valence electrons. The highest BCUT2D eigenvalue weighted by molar-refractivity contribution is 6.05. The summed E-state index contributed by atoms with van der Waals surface area (Å²) in [6.45, 7) is 28.0. The third-order valence-electron chi connectivity index (χ3n) is 5.50. The summed E-state index contributed by atoms with van der Waals surface area (Å²) in [6, 6.07) is 4.23. The van der Waals surface area contributed by atoms with Crippen LogP contribution in [0.3, 0.4) is 0 Å². The van der Waals surface area contributed by atoms with E-state index in [1.165, 1.54) is 22.7 Å². The van der Waals surface area contributed by atoms with Gasteiger partial charge in [0, 0.05) is 40.4 Å². The third kappa shape index (κ3) is 9.30. The van der Waals surface area contributed by atoms with Crippen molar-refractivity contribution >= 4 is 5.71 Å². The van der Waals surface area contributed by atoms with E-state index in [4.69, 9.17) is 0 Å². The van der Waals surface area contributed by atoms with Gasteiger partial charge < -0.3 is 0 Å². The average molecular weight is 456 g/mol. The first-order valence-corrected chi connectivity index (χ1v) is 12.5. The summed E-state index contributed by atoms with van der Waals surface area (Å²) in [5, 5.41) is 11.7. The highest BCUT2D eigenvalue weighted by Gasteiger charge is 2.23. The molecule has 0 atom stereocenters. The zero-order valence-corrected chi connectivity index (χ0v) is 23.4. The second-order valence-corrected chi connectivity index (χ2v) is 11.7. The molecule has 0 bridgehead atoms. The van der Waals surface area contributed by atoms with E-state index in [2.05, 4.69) is 122 Å². The van der Waals surface area contributed by atoms with Crippen LogP contribution < -0.4 is 0 Å². The fraction of sp³-hybridized carbons (Fsp3) is 0.679. The molecule has 5 heteroatoms. The van der Waals surface area contributed by atoms with Crippen LogP contribution >= 0.6 is 0 Å². The van der Waals surface area contributed by atoms with Gasteiger partial charge in [-0.3, -0.25) is 14.8 Å². The minimum atomic E-state index is 0.171. The third-order valence-corrected chi connectivity index (χ3v) is 5.50. The molecule has 0 aliphatic carbocycles. The van der Waals surface area contributed by atoms with E-state index in [0.29, 0.717) is 0 Å². The van der Waals surface area contributed by atoms with Crippen molar-refractivity contribution in [3.8, 4) is 0 Å². The van der Waals surface area contributed by atoms with Crippen molar-refractivity contribution in [1.29, 1.82) is 0 Å². The Morgan fingerprint density at radius 2 is 1.45 bits per heavy atom. The summed E-state index contributed by atoms with van der Waals surface area (Å²) in [5.74, 6) is 0. The molecule has 0 aromatic carbocycles. The van der Waals surface area contributed by atoms with Crippen LogP contribution in [-0.4, -0.2) is 32.2 Å².